The topological polar surface area (TPSA) is 101 Å². The molecule has 0 aromatic heterocycles. The van der Waals surface area contributed by atoms with Crippen molar-refractivity contribution < 1.29 is 14.4 Å². The molecule has 0 saturated carbocycles. The van der Waals surface area contributed by atoms with Gasteiger partial charge in [-0.25, -0.2) is 0 Å². The van der Waals surface area contributed by atoms with Crippen molar-refractivity contribution in [2.45, 2.75) is 39.2 Å². The highest BCUT2D eigenvalue weighted by molar-refractivity contribution is 6.03. The molecule has 1 aromatic carbocycles. The van der Waals surface area contributed by atoms with Gasteiger partial charge in [0.05, 0.1) is 12.0 Å². The van der Waals surface area contributed by atoms with Crippen molar-refractivity contribution in [1.82, 2.24) is 5.32 Å². The van der Waals surface area contributed by atoms with Gasteiger partial charge in [-0.2, -0.15) is 0 Å². The maximum absolute atomic E-state index is 12.0. The standard InChI is InChI=1S/C17H23N3O3/c1-3-10(2)15(18)17(23)19-13-6-4-11(5-7-13)8-12-9-14(21)20-16(12)22/h4-7,10,12,15H,3,8-9,18H2,1-2H3,(H,19,23)(H,20,21,22). The summed E-state index contributed by atoms with van der Waals surface area (Å²) in [6.45, 7) is 3.94. The second-order valence-electron chi connectivity index (χ2n) is 6.12. The summed E-state index contributed by atoms with van der Waals surface area (Å²) >= 11 is 0. The van der Waals surface area contributed by atoms with Gasteiger partial charge in [0.2, 0.25) is 17.7 Å². The Bertz CT molecular complexity index is 598. The fourth-order valence-corrected chi connectivity index (χ4v) is 2.52. The van der Waals surface area contributed by atoms with Crippen LogP contribution in [-0.4, -0.2) is 23.8 Å². The van der Waals surface area contributed by atoms with Gasteiger partial charge in [0.1, 0.15) is 0 Å². The maximum atomic E-state index is 12.0. The normalized spacial score (nSPS) is 20.0. The number of benzene rings is 1. The number of carbonyl (C=O) groups excluding carboxylic acids is 3. The summed E-state index contributed by atoms with van der Waals surface area (Å²) in [4.78, 5) is 34.8. The Labute approximate surface area is 135 Å². The van der Waals surface area contributed by atoms with Gasteiger partial charge in [-0.15, -0.1) is 0 Å². The van der Waals surface area contributed by atoms with Crippen molar-refractivity contribution in [3.05, 3.63) is 29.8 Å². The van der Waals surface area contributed by atoms with Gasteiger partial charge in [0.15, 0.2) is 0 Å². The maximum Gasteiger partial charge on any atom is 0.241 e. The number of imide groups is 1. The van der Waals surface area contributed by atoms with Gasteiger partial charge in [-0.1, -0.05) is 32.4 Å². The van der Waals surface area contributed by atoms with Crippen LogP contribution in [0, 0.1) is 11.8 Å². The molecule has 1 aromatic rings. The van der Waals surface area contributed by atoms with E-state index in [9.17, 15) is 14.4 Å². The van der Waals surface area contributed by atoms with Crippen molar-refractivity contribution in [2.75, 3.05) is 5.32 Å². The summed E-state index contributed by atoms with van der Waals surface area (Å²) in [6.07, 6.45) is 1.59. The van der Waals surface area contributed by atoms with E-state index in [0.717, 1.165) is 12.0 Å². The van der Waals surface area contributed by atoms with E-state index in [1.807, 2.05) is 26.0 Å². The van der Waals surface area contributed by atoms with Gasteiger partial charge in [-0.05, 0) is 30.0 Å². The molecule has 1 aliphatic rings. The highest BCUT2D eigenvalue weighted by Crippen LogP contribution is 2.19. The molecule has 0 aliphatic carbocycles. The highest BCUT2D eigenvalue weighted by atomic mass is 16.2. The van der Waals surface area contributed by atoms with E-state index in [1.165, 1.54) is 0 Å². The van der Waals surface area contributed by atoms with E-state index in [-0.39, 0.29) is 36.0 Å². The first-order valence-corrected chi connectivity index (χ1v) is 7.89. The largest absolute Gasteiger partial charge is 0.325 e. The third kappa shape index (κ3) is 4.39. The van der Waals surface area contributed by atoms with E-state index in [4.69, 9.17) is 5.73 Å². The summed E-state index contributed by atoms with van der Waals surface area (Å²) in [5.74, 6) is -0.822. The average molecular weight is 317 g/mol. The predicted octanol–water partition coefficient (Wildman–Crippen LogP) is 1.20. The SMILES string of the molecule is CCC(C)C(N)C(=O)Nc1ccc(CC2CC(=O)NC2=O)cc1. The lowest BCUT2D eigenvalue weighted by molar-refractivity contribution is -0.125. The minimum Gasteiger partial charge on any atom is -0.325 e. The molecule has 1 aliphatic heterocycles. The predicted molar refractivity (Wildman–Crippen MR) is 87.5 cm³/mol. The summed E-state index contributed by atoms with van der Waals surface area (Å²) in [5, 5.41) is 5.10. The van der Waals surface area contributed by atoms with Crippen LogP contribution in [0.1, 0.15) is 32.3 Å². The lowest BCUT2D eigenvalue weighted by Gasteiger charge is -2.17. The molecule has 0 spiro atoms. The Hall–Kier alpha value is -2.21. The number of anilines is 1. The first-order chi connectivity index (χ1) is 10.9. The van der Waals surface area contributed by atoms with Crippen LogP contribution in [0.2, 0.25) is 0 Å². The number of amides is 3. The zero-order chi connectivity index (χ0) is 17.0. The molecule has 3 amide bonds. The quantitative estimate of drug-likeness (QED) is 0.686. The molecule has 1 saturated heterocycles. The minimum absolute atomic E-state index is 0.118. The zero-order valence-electron chi connectivity index (χ0n) is 13.5. The first kappa shape index (κ1) is 17.1. The van der Waals surface area contributed by atoms with Crippen molar-refractivity contribution in [1.29, 1.82) is 0 Å². The smallest absolute Gasteiger partial charge is 0.241 e. The zero-order valence-corrected chi connectivity index (χ0v) is 13.5. The fraction of sp³-hybridized carbons (Fsp3) is 0.471. The van der Waals surface area contributed by atoms with Crippen molar-refractivity contribution in [3.8, 4) is 0 Å². The Morgan fingerprint density at radius 1 is 1.35 bits per heavy atom. The third-order valence-electron chi connectivity index (χ3n) is 4.33. The van der Waals surface area contributed by atoms with Crippen LogP contribution in [-0.2, 0) is 20.8 Å². The molecule has 124 valence electrons. The van der Waals surface area contributed by atoms with E-state index in [0.29, 0.717) is 12.1 Å². The molecule has 3 unspecified atom stereocenters. The number of nitrogens with one attached hydrogen (secondary N) is 2. The van der Waals surface area contributed by atoms with Crippen molar-refractivity contribution in [2.24, 2.45) is 17.6 Å². The van der Waals surface area contributed by atoms with Crippen molar-refractivity contribution >= 4 is 23.4 Å². The molecule has 6 nitrogen and oxygen atoms in total. The first-order valence-electron chi connectivity index (χ1n) is 7.89. The van der Waals surface area contributed by atoms with Gasteiger partial charge >= 0.3 is 0 Å². The number of hydrogen-bond acceptors (Lipinski definition) is 4. The second-order valence-corrected chi connectivity index (χ2v) is 6.12. The molecular formula is C17H23N3O3. The van der Waals surface area contributed by atoms with Crippen LogP contribution >= 0.6 is 0 Å². The van der Waals surface area contributed by atoms with E-state index in [2.05, 4.69) is 10.6 Å². The second kappa shape index (κ2) is 7.37. The summed E-state index contributed by atoms with van der Waals surface area (Å²) < 4.78 is 0. The molecule has 1 fully saturated rings. The summed E-state index contributed by atoms with van der Waals surface area (Å²) in [5.41, 5.74) is 7.52. The van der Waals surface area contributed by atoms with Crippen LogP contribution in [0.15, 0.2) is 24.3 Å². The fourth-order valence-electron chi connectivity index (χ4n) is 2.52. The average Bonchev–Trinajstić information content (AvgIpc) is 2.85. The number of rotatable bonds is 6. The molecular weight excluding hydrogens is 294 g/mol. The third-order valence-corrected chi connectivity index (χ3v) is 4.33. The highest BCUT2D eigenvalue weighted by Gasteiger charge is 2.30. The molecule has 0 radical (unpaired) electrons. The van der Waals surface area contributed by atoms with Crippen LogP contribution in [0.4, 0.5) is 5.69 Å². The Morgan fingerprint density at radius 3 is 2.52 bits per heavy atom. The van der Waals surface area contributed by atoms with E-state index < -0.39 is 6.04 Å². The van der Waals surface area contributed by atoms with E-state index in [1.54, 1.807) is 12.1 Å². The molecule has 1 heterocycles. The Morgan fingerprint density at radius 2 is 2.00 bits per heavy atom. The molecule has 3 atom stereocenters. The lowest BCUT2D eigenvalue weighted by atomic mass is 9.97. The Kier molecular flexibility index (Phi) is 5.50. The van der Waals surface area contributed by atoms with Gasteiger partial charge in [-0.3, -0.25) is 19.7 Å². The van der Waals surface area contributed by atoms with Gasteiger partial charge in [0, 0.05) is 12.1 Å². The number of carbonyl (C=O) groups is 3. The number of hydrogen-bond donors (Lipinski definition) is 3. The van der Waals surface area contributed by atoms with Gasteiger partial charge in [0.25, 0.3) is 0 Å². The van der Waals surface area contributed by atoms with Crippen LogP contribution in [0.25, 0.3) is 0 Å². The molecule has 4 N–H and O–H groups in total. The monoisotopic (exact) mass is 317 g/mol. The van der Waals surface area contributed by atoms with Crippen molar-refractivity contribution in [3.63, 3.8) is 0 Å². The molecule has 6 heteroatoms. The van der Waals surface area contributed by atoms with E-state index >= 15 is 0 Å². The summed E-state index contributed by atoms with van der Waals surface area (Å²) in [6, 6.07) is 6.73. The molecule has 2 rings (SSSR count). The minimum atomic E-state index is -0.534. The van der Waals surface area contributed by atoms with Crippen LogP contribution in [0.3, 0.4) is 0 Å². The Balaban J connectivity index is 1.93. The number of nitrogens with two attached hydrogens (primary N) is 1. The van der Waals surface area contributed by atoms with Crippen LogP contribution < -0.4 is 16.4 Å². The van der Waals surface area contributed by atoms with Crippen LogP contribution in [0.5, 0.6) is 0 Å². The molecule has 0 bridgehead atoms. The summed E-state index contributed by atoms with van der Waals surface area (Å²) in [7, 11) is 0. The molecule has 23 heavy (non-hydrogen) atoms. The van der Waals surface area contributed by atoms with Gasteiger partial charge < -0.3 is 11.1 Å². The lowest BCUT2D eigenvalue weighted by Crippen LogP contribution is -2.40.